The summed E-state index contributed by atoms with van der Waals surface area (Å²) >= 11 is 1.18. The number of hydrogen-bond acceptors (Lipinski definition) is 7. The molecule has 0 spiro atoms. The van der Waals surface area contributed by atoms with E-state index in [0.29, 0.717) is 24.2 Å². The van der Waals surface area contributed by atoms with E-state index in [2.05, 4.69) is 10.2 Å². The van der Waals surface area contributed by atoms with Crippen LogP contribution in [0.2, 0.25) is 0 Å². The van der Waals surface area contributed by atoms with Gasteiger partial charge >= 0.3 is 0 Å². The molecule has 1 aliphatic carbocycles. The predicted octanol–water partition coefficient (Wildman–Crippen LogP) is 4.23. The summed E-state index contributed by atoms with van der Waals surface area (Å²) < 4.78 is 32.7. The molecular weight excluding hydrogens is 446 g/mol. The minimum Gasteiger partial charge on any atom is -0.411 e. The van der Waals surface area contributed by atoms with Crippen molar-refractivity contribution in [3.8, 4) is 11.5 Å². The molecule has 0 atom stereocenters. The zero-order valence-corrected chi connectivity index (χ0v) is 19.7. The van der Waals surface area contributed by atoms with Crippen molar-refractivity contribution in [2.75, 3.05) is 18.8 Å². The minimum atomic E-state index is -3.59. The first-order valence-corrected chi connectivity index (χ1v) is 13.1. The summed E-state index contributed by atoms with van der Waals surface area (Å²) in [5.41, 5.74) is 3.82. The predicted molar refractivity (Wildman–Crippen MR) is 123 cm³/mol. The highest BCUT2D eigenvalue weighted by Gasteiger charge is 2.23. The number of aryl methyl sites for hydroxylation is 2. The second kappa shape index (κ2) is 9.56. The fourth-order valence-electron chi connectivity index (χ4n) is 3.84. The maximum atomic E-state index is 12.8. The molecule has 0 radical (unpaired) electrons. The lowest BCUT2D eigenvalue weighted by atomic mass is 10.0. The van der Waals surface area contributed by atoms with E-state index in [1.165, 1.54) is 33.3 Å². The van der Waals surface area contributed by atoms with Crippen LogP contribution in [0.4, 0.5) is 0 Å². The Balaban J connectivity index is 1.45. The number of ketones is 1. The number of nitrogens with zero attached hydrogens (tertiary/aromatic N) is 3. The highest BCUT2D eigenvalue weighted by Crippen LogP contribution is 2.27. The Labute approximate surface area is 192 Å². The van der Waals surface area contributed by atoms with E-state index in [4.69, 9.17) is 4.42 Å². The molecule has 2 aromatic carbocycles. The van der Waals surface area contributed by atoms with Gasteiger partial charge in [-0.15, -0.1) is 10.2 Å². The summed E-state index contributed by atoms with van der Waals surface area (Å²) in [6, 6.07) is 12.4. The van der Waals surface area contributed by atoms with Crippen molar-refractivity contribution in [3.63, 3.8) is 0 Å². The number of carbonyl (C=O) groups excluding carboxylic acids is 1. The minimum absolute atomic E-state index is 0.0109. The lowest BCUT2D eigenvalue weighted by Crippen LogP contribution is -2.30. The van der Waals surface area contributed by atoms with Crippen LogP contribution in [0.1, 0.15) is 41.8 Å². The number of benzene rings is 2. The molecule has 0 fully saturated rings. The van der Waals surface area contributed by atoms with Crippen molar-refractivity contribution in [3.05, 3.63) is 59.2 Å². The molecule has 0 N–H and O–H groups in total. The van der Waals surface area contributed by atoms with Crippen molar-refractivity contribution in [2.24, 2.45) is 0 Å². The summed E-state index contributed by atoms with van der Waals surface area (Å²) in [5.74, 6) is 0.419. The zero-order valence-electron chi connectivity index (χ0n) is 18.1. The molecule has 0 bridgehead atoms. The highest BCUT2D eigenvalue weighted by atomic mass is 32.2. The fourth-order valence-corrected chi connectivity index (χ4v) is 6.00. The van der Waals surface area contributed by atoms with Gasteiger partial charge in [-0.05, 0) is 54.7 Å². The molecule has 0 unspecified atom stereocenters. The number of carbonyl (C=O) groups is 1. The first-order chi connectivity index (χ1) is 15.4. The molecule has 0 aliphatic heterocycles. The van der Waals surface area contributed by atoms with Gasteiger partial charge < -0.3 is 4.42 Å². The van der Waals surface area contributed by atoms with Crippen LogP contribution in [0, 0.1) is 0 Å². The largest absolute Gasteiger partial charge is 0.411 e. The Hall–Kier alpha value is -2.49. The maximum absolute atomic E-state index is 12.8. The fraction of sp³-hybridized carbons (Fsp3) is 0.348. The number of sulfonamides is 1. The molecule has 32 heavy (non-hydrogen) atoms. The Morgan fingerprint density at radius 1 is 1.06 bits per heavy atom. The van der Waals surface area contributed by atoms with E-state index in [9.17, 15) is 13.2 Å². The average molecular weight is 472 g/mol. The van der Waals surface area contributed by atoms with Crippen molar-refractivity contribution in [1.29, 1.82) is 0 Å². The Morgan fingerprint density at radius 3 is 2.62 bits per heavy atom. The van der Waals surface area contributed by atoms with E-state index in [1.54, 1.807) is 32.0 Å². The zero-order chi connectivity index (χ0) is 22.7. The van der Waals surface area contributed by atoms with Crippen LogP contribution >= 0.6 is 11.8 Å². The Bertz CT molecular complexity index is 1230. The van der Waals surface area contributed by atoms with E-state index in [0.717, 1.165) is 19.3 Å². The van der Waals surface area contributed by atoms with Gasteiger partial charge in [0.15, 0.2) is 5.78 Å². The number of aromatic nitrogens is 2. The second-order valence-electron chi connectivity index (χ2n) is 7.54. The van der Waals surface area contributed by atoms with Gasteiger partial charge in [-0.25, -0.2) is 8.42 Å². The normalized spacial score (nSPS) is 13.5. The Kier molecular flexibility index (Phi) is 6.78. The number of thioether (sulfide) groups is 1. The lowest BCUT2D eigenvalue weighted by molar-refractivity contribution is 0.102. The highest BCUT2D eigenvalue weighted by molar-refractivity contribution is 7.99. The molecule has 9 heteroatoms. The molecule has 7 nitrogen and oxygen atoms in total. The standard InChI is InChI=1S/C23H25N3O4S2/c1-3-26(4-2)32(28,29)20-10-6-9-19(14-20)22-24-25-23(30-22)31-15-21(27)18-12-11-16-7-5-8-17(16)13-18/h6,9-14H,3-5,7-8,15H2,1-2H3. The Morgan fingerprint density at radius 2 is 1.84 bits per heavy atom. The average Bonchev–Trinajstić information content (AvgIpc) is 3.47. The van der Waals surface area contributed by atoms with Crippen LogP contribution in [-0.2, 0) is 22.9 Å². The van der Waals surface area contributed by atoms with Gasteiger partial charge in [0.1, 0.15) is 0 Å². The van der Waals surface area contributed by atoms with Gasteiger partial charge in [0, 0.05) is 24.2 Å². The van der Waals surface area contributed by atoms with Crippen LogP contribution in [0.25, 0.3) is 11.5 Å². The van der Waals surface area contributed by atoms with Crippen LogP contribution in [-0.4, -0.2) is 47.5 Å². The van der Waals surface area contributed by atoms with Gasteiger partial charge in [0.25, 0.3) is 5.22 Å². The van der Waals surface area contributed by atoms with Crippen molar-refractivity contribution >= 4 is 27.6 Å². The third kappa shape index (κ3) is 4.65. The van der Waals surface area contributed by atoms with E-state index in [-0.39, 0.29) is 27.5 Å². The summed E-state index contributed by atoms with van der Waals surface area (Å²) in [5, 5.41) is 8.31. The molecule has 168 valence electrons. The first-order valence-electron chi connectivity index (χ1n) is 10.6. The summed E-state index contributed by atoms with van der Waals surface area (Å²) in [7, 11) is -3.59. The summed E-state index contributed by atoms with van der Waals surface area (Å²) in [6.07, 6.45) is 3.25. The SMILES string of the molecule is CCN(CC)S(=O)(=O)c1cccc(-c2nnc(SCC(=O)c3ccc4c(c3)CCC4)o2)c1. The maximum Gasteiger partial charge on any atom is 0.277 e. The molecule has 0 saturated carbocycles. The molecular formula is C23H25N3O4S2. The van der Waals surface area contributed by atoms with Gasteiger partial charge in [0.2, 0.25) is 15.9 Å². The molecule has 0 saturated heterocycles. The van der Waals surface area contributed by atoms with E-state index >= 15 is 0 Å². The van der Waals surface area contributed by atoms with Crippen LogP contribution in [0.15, 0.2) is 57.0 Å². The number of hydrogen-bond donors (Lipinski definition) is 0. The molecule has 1 heterocycles. The topological polar surface area (TPSA) is 93.4 Å². The molecule has 0 amide bonds. The van der Waals surface area contributed by atoms with Crippen molar-refractivity contribution in [2.45, 2.75) is 43.2 Å². The third-order valence-corrected chi connectivity index (χ3v) is 8.44. The number of rotatable bonds is 9. The molecule has 3 aromatic rings. The summed E-state index contributed by atoms with van der Waals surface area (Å²) in [4.78, 5) is 12.8. The lowest BCUT2D eigenvalue weighted by Gasteiger charge is -2.18. The number of Topliss-reactive ketones (excluding diaryl/α,β-unsaturated/α-hetero) is 1. The van der Waals surface area contributed by atoms with Crippen LogP contribution in [0.3, 0.4) is 0 Å². The van der Waals surface area contributed by atoms with Crippen molar-refractivity contribution in [1.82, 2.24) is 14.5 Å². The van der Waals surface area contributed by atoms with Crippen LogP contribution < -0.4 is 0 Å². The second-order valence-corrected chi connectivity index (χ2v) is 10.4. The molecule has 1 aromatic heterocycles. The summed E-state index contributed by atoms with van der Waals surface area (Å²) in [6.45, 7) is 4.39. The van der Waals surface area contributed by atoms with E-state index in [1.807, 2.05) is 18.2 Å². The number of fused-ring (bicyclic) bond motifs is 1. The van der Waals surface area contributed by atoms with E-state index < -0.39 is 10.0 Å². The monoisotopic (exact) mass is 471 g/mol. The quantitative estimate of drug-likeness (QED) is 0.340. The third-order valence-electron chi connectivity index (χ3n) is 5.58. The van der Waals surface area contributed by atoms with Crippen LogP contribution in [0.5, 0.6) is 0 Å². The first kappa shape index (κ1) is 22.7. The molecule has 1 aliphatic rings. The molecule has 4 rings (SSSR count). The van der Waals surface area contributed by atoms with Gasteiger partial charge in [-0.2, -0.15) is 4.31 Å². The van der Waals surface area contributed by atoms with Gasteiger partial charge in [0.05, 0.1) is 10.6 Å². The van der Waals surface area contributed by atoms with Gasteiger partial charge in [-0.1, -0.05) is 43.8 Å². The van der Waals surface area contributed by atoms with Gasteiger partial charge in [-0.3, -0.25) is 4.79 Å². The van der Waals surface area contributed by atoms with Crippen molar-refractivity contribution < 1.29 is 17.6 Å². The smallest absolute Gasteiger partial charge is 0.277 e.